The van der Waals surface area contributed by atoms with E-state index < -0.39 is 5.97 Å². The Morgan fingerprint density at radius 3 is 2.76 bits per heavy atom. The van der Waals surface area contributed by atoms with Crippen LogP contribution in [-0.4, -0.2) is 17.7 Å². The number of carboxylic acids is 1. The van der Waals surface area contributed by atoms with Gasteiger partial charge in [-0.1, -0.05) is 22.9 Å². The van der Waals surface area contributed by atoms with E-state index >= 15 is 0 Å². The minimum atomic E-state index is -0.886. The second-order valence-electron chi connectivity index (χ2n) is 3.61. The van der Waals surface area contributed by atoms with Crippen LogP contribution in [0.4, 0.5) is 0 Å². The third kappa shape index (κ3) is 4.23. The summed E-state index contributed by atoms with van der Waals surface area (Å²) in [7, 11) is 0. The van der Waals surface area contributed by atoms with Gasteiger partial charge in [-0.2, -0.15) is 0 Å². The predicted molar refractivity (Wildman–Crippen MR) is 70.4 cm³/mol. The van der Waals surface area contributed by atoms with Crippen LogP contribution in [-0.2, 0) is 4.79 Å². The Hall–Kier alpha value is -1.29. The highest BCUT2D eigenvalue weighted by molar-refractivity contribution is 9.10. The number of hydrogen-bond acceptors (Lipinski definition) is 2. The molecule has 0 aliphatic carbocycles. The van der Waals surface area contributed by atoms with Gasteiger partial charge >= 0.3 is 5.97 Å². The average molecular weight is 299 g/mol. The molecule has 0 unspecified atom stereocenters. The van der Waals surface area contributed by atoms with Gasteiger partial charge in [0.15, 0.2) is 0 Å². The Morgan fingerprint density at radius 2 is 2.24 bits per heavy atom. The molecule has 1 aromatic rings. The fraction of sp³-hybridized carbons (Fsp3) is 0.308. The number of benzene rings is 1. The summed E-state index contributed by atoms with van der Waals surface area (Å²) in [6.45, 7) is 4.03. The van der Waals surface area contributed by atoms with Crippen LogP contribution in [0.25, 0.3) is 0 Å². The van der Waals surface area contributed by atoms with Crippen LogP contribution >= 0.6 is 15.9 Å². The summed E-state index contributed by atoms with van der Waals surface area (Å²) in [5, 5.41) is 8.83. The zero-order valence-electron chi connectivity index (χ0n) is 9.87. The van der Waals surface area contributed by atoms with E-state index in [9.17, 15) is 4.79 Å². The maximum absolute atomic E-state index is 10.8. The predicted octanol–water partition coefficient (Wildman–Crippen LogP) is 3.56. The van der Waals surface area contributed by atoms with Crippen molar-refractivity contribution in [3.8, 4) is 5.75 Å². The molecule has 1 aromatic carbocycles. The Labute approximate surface area is 109 Å². The molecule has 0 aromatic heterocycles. The van der Waals surface area contributed by atoms with Gasteiger partial charge in [0.05, 0.1) is 0 Å². The average Bonchev–Trinajstić information content (AvgIpc) is 2.26. The lowest BCUT2D eigenvalue weighted by Gasteiger charge is -2.07. The van der Waals surface area contributed by atoms with Crippen molar-refractivity contribution in [1.29, 1.82) is 0 Å². The lowest BCUT2D eigenvalue weighted by atomic mass is 10.2. The molecule has 0 heterocycles. The molecule has 0 atom stereocenters. The molecule has 1 rings (SSSR count). The maximum Gasteiger partial charge on any atom is 0.331 e. The standard InChI is InChI=1S/C13H15BrO3/c1-3-10(13(15)16)6-7-17-12-5-4-11(14)8-9(12)2/h4-6,8H,3,7H2,1-2H3,(H,15,16). The molecule has 0 aliphatic heterocycles. The molecule has 0 fully saturated rings. The van der Waals surface area contributed by atoms with Gasteiger partial charge in [-0.05, 0) is 43.2 Å². The first-order chi connectivity index (χ1) is 8.04. The van der Waals surface area contributed by atoms with Crippen molar-refractivity contribution in [3.05, 3.63) is 39.9 Å². The third-order valence-electron chi connectivity index (χ3n) is 2.36. The van der Waals surface area contributed by atoms with Crippen LogP contribution < -0.4 is 4.74 Å². The number of rotatable bonds is 5. The molecular formula is C13H15BrO3. The summed E-state index contributed by atoms with van der Waals surface area (Å²) in [4.78, 5) is 10.8. The minimum absolute atomic E-state index is 0.276. The van der Waals surface area contributed by atoms with Gasteiger partial charge in [0, 0.05) is 10.0 Å². The van der Waals surface area contributed by atoms with Crippen LogP contribution in [0.3, 0.4) is 0 Å². The Bertz CT molecular complexity index is 438. The number of carboxylic acid groups (broad SMARTS) is 1. The molecule has 3 nitrogen and oxygen atoms in total. The minimum Gasteiger partial charge on any atom is -0.489 e. The van der Waals surface area contributed by atoms with Crippen molar-refractivity contribution in [1.82, 2.24) is 0 Å². The summed E-state index contributed by atoms with van der Waals surface area (Å²) in [5.74, 6) is -0.117. The van der Waals surface area contributed by atoms with Gasteiger partial charge < -0.3 is 9.84 Å². The highest BCUT2D eigenvalue weighted by Crippen LogP contribution is 2.22. The monoisotopic (exact) mass is 298 g/mol. The third-order valence-corrected chi connectivity index (χ3v) is 2.85. The van der Waals surface area contributed by atoms with E-state index in [-0.39, 0.29) is 6.61 Å². The molecule has 4 heteroatoms. The SMILES string of the molecule is CCC(=CCOc1ccc(Br)cc1C)C(=O)O. The molecule has 1 N–H and O–H groups in total. The smallest absolute Gasteiger partial charge is 0.331 e. The quantitative estimate of drug-likeness (QED) is 0.846. The van der Waals surface area contributed by atoms with Crippen molar-refractivity contribution in [2.75, 3.05) is 6.61 Å². The number of ether oxygens (including phenoxy) is 1. The van der Waals surface area contributed by atoms with E-state index in [0.717, 1.165) is 15.8 Å². The number of halogens is 1. The number of aryl methyl sites for hydroxylation is 1. The van der Waals surface area contributed by atoms with Crippen molar-refractivity contribution in [2.24, 2.45) is 0 Å². The molecule has 0 bridgehead atoms. The van der Waals surface area contributed by atoms with Gasteiger partial charge in [0.1, 0.15) is 12.4 Å². The highest BCUT2D eigenvalue weighted by Gasteiger charge is 2.04. The molecule has 17 heavy (non-hydrogen) atoms. The Kier molecular flexibility index (Phi) is 5.22. The van der Waals surface area contributed by atoms with Gasteiger partial charge in [-0.15, -0.1) is 0 Å². The van der Waals surface area contributed by atoms with E-state index in [4.69, 9.17) is 9.84 Å². The largest absolute Gasteiger partial charge is 0.489 e. The summed E-state index contributed by atoms with van der Waals surface area (Å²) < 4.78 is 6.51. The lowest BCUT2D eigenvalue weighted by Crippen LogP contribution is -2.03. The summed E-state index contributed by atoms with van der Waals surface area (Å²) in [6.07, 6.45) is 2.10. The summed E-state index contributed by atoms with van der Waals surface area (Å²) in [6, 6.07) is 5.71. The van der Waals surface area contributed by atoms with Crippen molar-refractivity contribution < 1.29 is 14.6 Å². The topological polar surface area (TPSA) is 46.5 Å². The van der Waals surface area contributed by atoms with Crippen molar-refractivity contribution in [2.45, 2.75) is 20.3 Å². The van der Waals surface area contributed by atoms with E-state index in [1.54, 1.807) is 6.08 Å². The number of carbonyl (C=O) groups is 1. The van der Waals surface area contributed by atoms with Gasteiger partial charge in [0.2, 0.25) is 0 Å². The van der Waals surface area contributed by atoms with Crippen molar-refractivity contribution in [3.63, 3.8) is 0 Å². The van der Waals surface area contributed by atoms with Gasteiger partial charge in [0.25, 0.3) is 0 Å². The van der Waals surface area contributed by atoms with E-state index in [1.165, 1.54) is 0 Å². The van der Waals surface area contributed by atoms with Crippen LogP contribution in [0.2, 0.25) is 0 Å². The Balaban J connectivity index is 2.65. The summed E-state index contributed by atoms with van der Waals surface area (Å²) >= 11 is 3.37. The van der Waals surface area contributed by atoms with Crippen LogP contribution in [0.5, 0.6) is 5.75 Å². The molecule has 0 spiro atoms. The van der Waals surface area contributed by atoms with E-state index in [0.29, 0.717) is 12.0 Å². The lowest BCUT2D eigenvalue weighted by molar-refractivity contribution is -0.132. The summed E-state index contributed by atoms with van der Waals surface area (Å²) in [5.41, 5.74) is 1.39. The van der Waals surface area contributed by atoms with Crippen LogP contribution in [0, 0.1) is 6.92 Å². The normalized spacial score (nSPS) is 11.4. The first-order valence-corrected chi connectivity index (χ1v) is 6.15. The van der Waals surface area contributed by atoms with Crippen LogP contribution in [0.15, 0.2) is 34.3 Å². The van der Waals surface area contributed by atoms with E-state index in [2.05, 4.69) is 15.9 Å². The molecule has 0 saturated heterocycles. The zero-order chi connectivity index (χ0) is 12.8. The highest BCUT2D eigenvalue weighted by atomic mass is 79.9. The zero-order valence-corrected chi connectivity index (χ0v) is 11.5. The Morgan fingerprint density at radius 1 is 1.53 bits per heavy atom. The first-order valence-electron chi connectivity index (χ1n) is 5.36. The molecule has 0 aliphatic rings. The number of hydrogen-bond donors (Lipinski definition) is 1. The molecular weight excluding hydrogens is 284 g/mol. The fourth-order valence-corrected chi connectivity index (χ4v) is 1.87. The molecule has 0 radical (unpaired) electrons. The van der Waals surface area contributed by atoms with Gasteiger partial charge in [-0.3, -0.25) is 0 Å². The maximum atomic E-state index is 10.8. The molecule has 0 amide bonds. The van der Waals surface area contributed by atoms with Gasteiger partial charge in [-0.25, -0.2) is 4.79 Å². The molecule has 0 saturated carbocycles. The van der Waals surface area contributed by atoms with Crippen molar-refractivity contribution >= 4 is 21.9 Å². The molecule has 92 valence electrons. The van der Waals surface area contributed by atoms with E-state index in [1.807, 2.05) is 32.0 Å². The second-order valence-corrected chi connectivity index (χ2v) is 4.52. The fourth-order valence-electron chi connectivity index (χ4n) is 1.39. The number of aliphatic carboxylic acids is 1. The first kappa shape index (κ1) is 13.8. The second kappa shape index (κ2) is 6.45. The van der Waals surface area contributed by atoms with Crippen LogP contribution in [0.1, 0.15) is 18.9 Å².